The fourth-order valence-electron chi connectivity index (χ4n) is 3.04. The van der Waals surface area contributed by atoms with Crippen molar-refractivity contribution in [1.29, 1.82) is 0 Å². The monoisotopic (exact) mass is 212 g/mol. The molecule has 3 heteroatoms. The van der Waals surface area contributed by atoms with Crippen molar-refractivity contribution in [3.63, 3.8) is 0 Å². The molecular formula is C11H20N2S. The Bertz CT molecular complexity index is 217. The summed E-state index contributed by atoms with van der Waals surface area (Å²) in [6.07, 6.45) is 7.15. The Labute approximate surface area is 91.8 Å². The van der Waals surface area contributed by atoms with Gasteiger partial charge in [-0.3, -0.25) is 4.90 Å². The molecule has 1 aliphatic heterocycles. The van der Waals surface area contributed by atoms with Crippen LogP contribution in [0.15, 0.2) is 0 Å². The van der Waals surface area contributed by atoms with Crippen molar-refractivity contribution in [2.24, 2.45) is 17.6 Å². The van der Waals surface area contributed by atoms with Gasteiger partial charge in [-0.15, -0.1) is 0 Å². The van der Waals surface area contributed by atoms with Gasteiger partial charge in [0.05, 0.1) is 4.99 Å². The van der Waals surface area contributed by atoms with Crippen LogP contribution < -0.4 is 5.73 Å². The van der Waals surface area contributed by atoms with Crippen molar-refractivity contribution in [1.82, 2.24) is 4.90 Å². The van der Waals surface area contributed by atoms with E-state index in [-0.39, 0.29) is 0 Å². The molecule has 0 aromatic heterocycles. The van der Waals surface area contributed by atoms with E-state index in [0.29, 0.717) is 4.99 Å². The van der Waals surface area contributed by atoms with Crippen molar-refractivity contribution in [2.45, 2.75) is 32.1 Å². The highest BCUT2D eigenvalue weighted by molar-refractivity contribution is 7.80. The fourth-order valence-corrected chi connectivity index (χ4v) is 3.22. The standard InChI is InChI=1S/C11H20N2S/c12-11(14)8-13-6-5-9-3-1-2-4-10(9)7-13/h9-10H,1-8H2,(H2,12,14). The van der Waals surface area contributed by atoms with Gasteiger partial charge in [-0.2, -0.15) is 0 Å². The average Bonchev–Trinajstić information content (AvgIpc) is 2.17. The van der Waals surface area contributed by atoms with Crippen molar-refractivity contribution < 1.29 is 0 Å². The molecule has 2 aliphatic rings. The second kappa shape index (κ2) is 4.58. The molecule has 2 N–H and O–H groups in total. The molecule has 0 radical (unpaired) electrons. The Morgan fingerprint density at radius 3 is 2.64 bits per heavy atom. The minimum atomic E-state index is 0.652. The van der Waals surface area contributed by atoms with Crippen molar-refractivity contribution >= 4 is 17.2 Å². The van der Waals surface area contributed by atoms with Gasteiger partial charge in [0.2, 0.25) is 0 Å². The summed E-state index contributed by atoms with van der Waals surface area (Å²) in [5.41, 5.74) is 5.58. The highest BCUT2D eigenvalue weighted by Gasteiger charge is 2.30. The molecule has 0 bridgehead atoms. The predicted octanol–water partition coefficient (Wildman–Crippen LogP) is 1.78. The van der Waals surface area contributed by atoms with E-state index in [2.05, 4.69) is 4.90 Å². The Hall–Kier alpha value is -0.150. The van der Waals surface area contributed by atoms with E-state index in [0.717, 1.165) is 18.4 Å². The quantitative estimate of drug-likeness (QED) is 0.708. The third-order valence-electron chi connectivity index (χ3n) is 3.75. The van der Waals surface area contributed by atoms with Gasteiger partial charge in [0.15, 0.2) is 0 Å². The smallest absolute Gasteiger partial charge is 0.0870 e. The Morgan fingerprint density at radius 1 is 1.21 bits per heavy atom. The fraction of sp³-hybridized carbons (Fsp3) is 0.909. The topological polar surface area (TPSA) is 29.3 Å². The molecule has 1 heterocycles. The summed E-state index contributed by atoms with van der Waals surface area (Å²) >= 11 is 4.96. The number of rotatable bonds is 2. The summed E-state index contributed by atoms with van der Waals surface area (Å²) in [6, 6.07) is 0. The van der Waals surface area contributed by atoms with Crippen LogP contribution in [0.5, 0.6) is 0 Å². The van der Waals surface area contributed by atoms with Crippen LogP contribution in [0.25, 0.3) is 0 Å². The minimum absolute atomic E-state index is 0.652. The molecule has 0 spiro atoms. The molecule has 1 aliphatic carbocycles. The van der Waals surface area contributed by atoms with Crippen LogP contribution in [0, 0.1) is 11.8 Å². The number of nitrogens with zero attached hydrogens (tertiary/aromatic N) is 1. The summed E-state index contributed by atoms with van der Waals surface area (Å²) in [7, 11) is 0. The van der Waals surface area contributed by atoms with Crippen LogP contribution in [0.3, 0.4) is 0 Å². The van der Waals surface area contributed by atoms with Gasteiger partial charge in [-0.05, 0) is 31.2 Å². The number of nitrogens with two attached hydrogens (primary N) is 1. The number of hydrogen-bond donors (Lipinski definition) is 1. The van der Waals surface area contributed by atoms with Gasteiger partial charge in [-0.25, -0.2) is 0 Å². The zero-order valence-corrected chi connectivity index (χ0v) is 9.56. The molecule has 2 fully saturated rings. The second-order valence-electron chi connectivity index (χ2n) is 4.79. The molecule has 2 unspecified atom stereocenters. The highest BCUT2D eigenvalue weighted by atomic mass is 32.1. The first kappa shape index (κ1) is 10.4. The molecule has 2 rings (SSSR count). The Morgan fingerprint density at radius 2 is 1.93 bits per heavy atom. The van der Waals surface area contributed by atoms with Crippen LogP contribution in [0.2, 0.25) is 0 Å². The predicted molar refractivity (Wildman–Crippen MR) is 63.3 cm³/mol. The minimum Gasteiger partial charge on any atom is -0.392 e. The first-order chi connectivity index (χ1) is 6.75. The van der Waals surface area contributed by atoms with Gasteiger partial charge in [0.25, 0.3) is 0 Å². The SMILES string of the molecule is NC(=S)CN1CCC2CCCCC2C1. The van der Waals surface area contributed by atoms with Crippen LogP contribution in [0.4, 0.5) is 0 Å². The average molecular weight is 212 g/mol. The van der Waals surface area contributed by atoms with E-state index in [4.69, 9.17) is 18.0 Å². The molecule has 0 amide bonds. The van der Waals surface area contributed by atoms with Crippen molar-refractivity contribution in [3.8, 4) is 0 Å². The normalized spacial score (nSPS) is 33.7. The lowest BCUT2D eigenvalue weighted by Gasteiger charge is -2.41. The molecule has 0 aromatic carbocycles. The molecule has 1 saturated heterocycles. The van der Waals surface area contributed by atoms with E-state index in [1.807, 2.05) is 0 Å². The Balaban J connectivity index is 1.86. The number of piperidine rings is 1. The van der Waals surface area contributed by atoms with Gasteiger partial charge in [-0.1, -0.05) is 31.5 Å². The van der Waals surface area contributed by atoms with E-state index in [1.165, 1.54) is 45.2 Å². The third kappa shape index (κ3) is 2.45. The van der Waals surface area contributed by atoms with Crippen molar-refractivity contribution in [3.05, 3.63) is 0 Å². The summed E-state index contributed by atoms with van der Waals surface area (Å²) in [5.74, 6) is 1.94. The lowest BCUT2D eigenvalue weighted by molar-refractivity contribution is 0.0980. The summed E-state index contributed by atoms with van der Waals surface area (Å²) in [4.78, 5) is 3.09. The van der Waals surface area contributed by atoms with Crippen LogP contribution in [-0.2, 0) is 0 Å². The maximum absolute atomic E-state index is 5.58. The van der Waals surface area contributed by atoms with Gasteiger partial charge in [0.1, 0.15) is 0 Å². The third-order valence-corrected chi connectivity index (χ3v) is 3.88. The number of fused-ring (bicyclic) bond motifs is 1. The lowest BCUT2D eigenvalue weighted by atomic mass is 9.75. The number of likely N-dealkylation sites (tertiary alicyclic amines) is 1. The van der Waals surface area contributed by atoms with Crippen LogP contribution in [0.1, 0.15) is 32.1 Å². The van der Waals surface area contributed by atoms with Gasteiger partial charge in [0, 0.05) is 13.1 Å². The van der Waals surface area contributed by atoms with E-state index in [1.54, 1.807) is 0 Å². The summed E-state index contributed by atoms with van der Waals surface area (Å²) < 4.78 is 0. The Kier molecular flexibility index (Phi) is 3.39. The van der Waals surface area contributed by atoms with Gasteiger partial charge < -0.3 is 5.73 Å². The number of hydrogen-bond acceptors (Lipinski definition) is 2. The maximum Gasteiger partial charge on any atom is 0.0870 e. The molecule has 1 saturated carbocycles. The number of thiocarbonyl (C=S) groups is 1. The van der Waals surface area contributed by atoms with Crippen LogP contribution >= 0.6 is 12.2 Å². The van der Waals surface area contributed by atoms with E-state index >= 15 is 0 Å². The van der Waals surface area contributed by atoms with E-state index in [9.17, 15) is 0 Å². The molecule has 2 nitrogen and oxygen atoms in total. The first-order valence-corrected chi connectivity index (χ1v) is 6.17. The zero-order valence-electron chi connectivity index (χ0n) is 8.74. The summed E-state index contributed by atoms with van der Waals surface area (Å²) in [6.45, 7) is 3.28. The molecule has 80 valence electrons. The second-order valence-corrected chi connectivity index (χ2v) is 5.32. The van der Waals surface area contributed by atoms with Gasteiger partial charge >= 0.3 is 0 Å². The lowest BCUT2D eigenvalue weighted by Crippen LogP contribution is -2.44. The largest absolute Gasteiger partial charge is 0.392 e. The van der Waals surface area contributed by atoms with Crippen molar-refractivity contribution in [2.75, 3.05) is 19.6 Å². The summed E-state index contributed by atoms with van der Waals surface area (Å²) in [5, 5.41) is 0. The molecular weight excluding hydrogens is 192 g/mol. The molecule has 2 atom stereocenters. The zero-order chi connectivity index (χ0) is 9.97. The van der Waals surface area contributed by atoms with E-state index < -0.39 is 0 Å². The first-order valence-electron chi connectivity index (χ1n) is 5.76. The maximum atomic E-state index is 5.58. The highest BCUT2D eigenvalue weighted by Crippen LogP contribution is 2.35. The molecule has 14 heavy (non-hydrogen) atoms. The van der Waals surface area contributed by atoms with Crippen LogP contribution in [-0.4, -0.2) is 29.5 Å². The molecule has 0 aromatic rings.